The van der Waals surface area contributed by atoms with Gasteiger partial charge in [0.05, 0.1) is 12.0 Å². The highest BCUT2D eigenvalue weighted by Crippen LogP contribution is 2.26. The molecule has 9 heteroatoms. The van der Waals surface area contributed by atoms with Gasteiger partial charge in [-0.2, -0.15) is 0 Å². The number of urea groups is 1. The number of esters is 1. The Balaban J connectivity index is 1.68. The number of nitrogens with zero attached hydrogens (tertiary/aromatic N) is 1. The maximum Gasteiger partial charge on any atom is 0.379 e. The van der Waals surface area contributed by atoms with E-state index in [9.17, 15) is 19.2 Å². The molecule has 0 aliphatic carbocycles. The van der Waals surface area contributed by atoms with Gasteiger partial charge in [0, 0.05) is 10.6 Å². The van der Waals surface area contributed by atoms with Crippen molar-refractivity contribution in [1.29, 1.82) is 0 Å². The van der Waals surface area contributed by atoms with Crippen LogP contribution in [0.1, 0.15) is 16.1 Å². The van der Waals surface area contributed by atoms with E-state index in [-0.39, 0.29) is 28.3 Å². The number of rotatable bonds is 4. The number of carbonyl (C=O) groups excluding carboxylic acids is 4. The van der Waals surface area contributed by atoms with E-state index in [0.29, 0.717) is 5.02 Å². The molecule has 31 heavy (non-hydrogen) atoms. The minimum Gasteiger partial charge on any atom is -0.457 e. The Kier molecular flexibility index (Phi) is 5.38. The Labute approximate surface area is 180 Å². The minimum absolute atomic E-state index is 0.00606. The average molecular weight is 437 g/mol. The molecule has 2 heterocycles. The molecule has 1 saturated heterocycles. The van der Waals surface area contributed by atoms with Crippen LogP contribution in [0.5, 0.6) is 5.75 Å². The summed E-state index contributed by atoms with van der Waals surface area (Å²) in [6, 6.07) is 14.4. The van der Waals surface area contributed by atoms with Crippen molar-refractivity contribution in [2.75, 3.05) is 4.90 Å². The molecule has 3 aromatic rings. The molecule has 0 saturated carbocycles. The third kappa shape index (κ3) is 4.10. The monoisotopic (exact) mass is 436 g/mol. The van der Waals surface area contributed by atoms with Gasteiger partial charge >= 0.3 is 12.0 Å². The first-order valence-corrected chi connectivity index (χ1v) is 9.33. The van der Waals surface area contributed by atoms with Gasteiger partial charge in [-0.05, 0) is 48.5 Å². The highest BCUT2D eigenvalue weighted by Gasteiger charge is 2.37. The van der Waals surface area contributed by atoms with Crippen LogP contribution in [0, 0.1) is 0 Å². The zero-order valence-electron chi connectivity index (χ0n) is 15.7. The molecule has 0 radical (unpaired) electrons. The van der Waals surface area contributed by atoms with Gasteiger partial charge in [0.2, 0.25) is 5.76 Å². The van der Waals surface area contributed by atoms with Crippen molar-refractivity contribution in [3.63, 3.8) is 0 Å². The molecule has 4 rings (SSSR count). The third-order valence-electron chi connectivity index (χ3n) is 4.33. The molecule has 1 N–H and O–H groups in total. The summed E-state index contributed by atoms with van der Waals surface area (Å²) in [4.78, 5) is 50.7. The maximum absolute atomic E-state index is 13.0. The SMILES string of the molecule is O=C1NC(=O)N(c2ccc(Cl)cc2)C(=O)/C1=C\c1ccccc1OC(=O)c1ccco1. The summed E-state index contributed by atoms with van der Waals surface area (Å²) >= 11 is 5.86. The first-order chi connectivity index (χ1) is 14.9. The van der Waals surface area contributed by atoms with Crippen LogP contribution in [0.15, 0.2) is 76.9 Å². The number of hydrogen-bond acceptors (Lipinski definition) is 6. The largest absolute Gasteiger partial charge is 0.457 e. The van der Waals surface area contributed by atoms with Crippen molar-refractivity contribution in [3.8, 4) is 5.75 Å². The van der Waals surface area contributed by atoms with Crippen LogP contribution in [0.2, 0.25) is 5.02 Å². The lowest BCUT2D eigenvalue weighted by molar-refractivity contribution is -0.122. The number of halogens is 1. The van der Waals surface area contributed by atoms with Gasteiger partial charge in [0.1, 0.15) is 11.3 Å². The Morgan fingerprint density at radius 3 is 2.45 bits per heavy atom. The van der Waals surface area contributed by atoms with Crippen LogP contribution in [0.25, 0.3) is 6.08 Å². The van der Waals surface area contributed by atoms with E-state index in [4.69, 9.17) is 20.8 Å². The van der Waals surface area contributed by atoms with Crippen LogP contribution in [-0.2, 0) is 9.59 Å². The normalized spacial score (nSPS) is 15.2. The summed E-state index contributed by atoms with van der Waals surface area (Å²) in [5.74, 6) is -2.34. The zero-order valence-corrected chi connectivity index (χ0v) is 16.5. The fraction of sp³-hybridized carbons (Fsp3) is 0. The number of hydrogen-bond donors (Lipinski definition) is 1. The lowest BCUT2D eigenvalue weighted by Crippen LogP contribution is -2.54. The number of ether oxygens (including phenoxy) is 1. The van der Waals surface area contributed by atoms with Crippen LogP contribution >= 0.6 is 11.6 Å². The van der Waals surface area contributed by atoms with Gasteiger partial charge in [-0.25, -0.2) is 14.5 Å². The molecule has 8 nitrogen and oxygen atoms in total. The van der Waals surface area contributed by atoms with Gasteiger partial charge in [-0.3, -0.25) is 14.9 Å². The number of benzene rings is 2. The van der Waals surface area contributed by atoms with E-state index in [2.05, 4.69) is 5.32 Å². The van der Waals surface area contributed by atoms with Crippen molar-refractivity contribution in [1.82, 2.24) is 5.32 Å². The van der Waals surface area contributed by atoms with Gasteiger partial charge in [-0.1, -0.05) is 29.8 Å². The molecular weight excluding hydrogens is 424 g/mol. The van der Waals surface area contributed by atoms with Gasteiger partial charge in [-0.15, -0.1) is 0 Å². The molecule has 1 fully saturated rings. The lowest BCUT2D eigenvalue weighted by atomic mass is 10.1. The number of imide groups is 2. The van der Waals surface area contributed by atoms with Crippen molar-refractivity contribution in [3.05, 3.63) is 88.8 Å². The highest BCUT2D eigenvalue weighted by molar-refractivity contribution is 6.39. The van der Waals surface area contributed by atoms with E-state index in [1.54, 1.807) is 18.2 Å². The molecule has 154 valence electrons. The second-order valence-electron chi connectivity index (χ2n) is 6.34. The third-order valence-corrected chi connectivity index (χ3v) is 4.58. The van der Waals surface area contributed by atoms with Crippen molar-refractivity contribution in [2.24, 2.45) is 0 Å². The fourth-order valence-corrected chi connectivity index (χ4v) is 3.00. The Hall–Kier alpha value is -4.17. The number of amides is 4. The quantitative estimate of drug-likeness (QED) is 0.288. The molecule has 0 bridgehead atoms. The van der Waals surface area contributed by atoms with Crippen molar-refractivity contribution in [2.45, 2.75) is 0 Å². The second kappa shape index (κ2) is 8.29. The topological polar surface area (TPSA) is 106 Å². The Bertz CT molecular complexity index is 1220. The first-order valence-electron chi connectivity index (χ1n) is 8.96. The van der Waals surface area contributed by atoms with E-state index >= 15 is 0 Å². The standard InChI is InChI=1S/C22H13ClN2O6/c23-14-7-9-15(10-8-14)25-20(27)16(19(26)24-22(25)29)12-13-4-1-2-5-17(13)31-21(28)18-6-3-11-30-18/h1-12H,(H,24,26,29)/b16-12-. The van der Waals surface area contributed by atoms with E-state index in [1.165, 1.54) is 54.8 Å². The molecule has 1 aliphatic rings. The van der Waals surface area contributed by atoms with Crippen LogP contribution in [-0.4, -0.2) is 23.8 Å². The molecule has 0 unspecified atom stereocenters. The molecular formula is C22H13ClN2O6. The maximum atomic E-state index is 13.0. The molecule has 1 aliphatic heterocycles. The van der Waals surface area contributed by atoms with Crippen molar-refractivity contribution >= 4 is 47.2 Å². The average Bonchev–Trinajstić information content (AvgIpc) is 3.28. The molecule has 0 atom stereocenters. The predicted octanol–water partition coefficient (Wildman–Crippen LogP) is 3.82. The summed E-state index contributed by atoms with van der Waals surface area (Å²) < 4.78 is 10.3. The van der Waals surface area contributed by atoms with E-state index in [0.717, 1.165) is 4.90 Å². The molecule has 4 amide bonds. The number of anilines is 1. The molecule has 0 spiro atoms. The summed E-state index contributed by atoms with van der Waals surface area (Å²) in [5.41, 5.74) is 0.213. The smallest absolute Gasteiger partial charge is 0.379 e. The van der Waals surface area contributed by atoms with Gasteiger partial charge in [0.25, 0.3) is 11.8 Å². The van der Waals surface area contributed by atoms with Crippen LogP contribution in [0.4, 0.5) is 10.5 Å². The van der Waals surface area contributed by atoms with Gasteiger partial charge in [0.15, 0.2) is 0 Å². The van der Waals surface area contributed by atoms with Crippen molar-refractivity contribution < 1.29 is 28.3 Å². The number of furan rings is 1. The predicted molar refractivity (Wildman–Crippen MR) is 111 cm³/mol. The summed E-state index contributed by atoms with van der Waals surface area (Å²) in [6.07, 6.45) is 2.58. The number of carbonyl (C=O) groups is 4. The summed E-state index contributed by atoms with van der Waals surface area (Å²) in [7, 11) is 0. The highest BCUT2D eigenvalue weighted by atomic mass is 35.5. The van der Waals surface area contributed by atoms with Crippen LogP contribution in [0.3, 0.4) is 0 Å². The van der Waals surface area contributed by atoms with E-state index in [1.807, 2.05) is 0 Å². The minimum atomic E-state index is -0.882. The van der Waals surface area contributed by atoms with Crippen LogP contribution < -0.4 is 15.0 Å². The zero-order chi connectivity index (χ0) is 22.0. The Morgan fingerprint density at radius 1 is 1.00 bits per heavy atom. The van der Waals surface area contributed by atoms with Gasteiger partial charge < -0.3 is 9.15 Å². The first kappa shape index (κ1) is 20.1. The Morgan fingerprint density at radius 2 is 1.74 bits per heavy atom. The molecule has 2 aromatic carbocycles. The number of nitrogens with one attached hydrogen (secondary N) is 1. The van der Waals surface area contributed by atoms with E-state index < -0.39 is 23.8 Å². The number of barbiturate groups is 1. The summed E-state index contributed by atoms with van der Waals surface area (Å²) in [5, 5.41) is 2.55. The fourth-order valence-electron chi connectivity index (χ4n) is 2.88. The summed E-state index contributed by atoms with van der Waals surface area (Å²) in [6.45, 7) is 0. The second-order valence-corrected chi connectivity index (χ2v) is 6.78. The number of para-hydroxylation sites is 1. The molecule has 1 aromatic heterocycles. The lowest BCUT2D eigenvalue weighted by Gasteiger charge is -2.26.